The summed E-state index contributed by atoms with van der Waals surface area (Å²) >= 11 is 0. The van der Waals surface area contributed by atoms with Gasteiger partial charge in [-0.15, -0.1) is 0 Å². The van der Waals surface area contributed by atoms with Crippen LogP contribution in [-0.4, -0.2) is 42.3 Å². The summed E-state index contributed by atoms with van der Waals surface area (Å²) in [5.74, 6) is 0.480. The van der Waals surface area contributed by atoms with Crippen molar-refractivity contribution in [2.45, 2.75) is 38.6 Å². The van der Waals surface area contributed by atoms with Crippen LogP contribution in [0, 0.1) is 0 Å². The van der Waals surface area contributed by atoms with Crippen LogP contribution in [0.25, 0.3) is 0 Å². The second kappa shape index (κ2) is 8.96. The number of hydrogen-bond donors (Lipinski definition) is 1. The van der Waals surface area contributed by atoms with Crippen LogP contribution in [0.15, 0.2) is 54.6 Å². The van der Waals surface area contributed by atoms with Crippen molar-refractivity contribution >= 4 is 11.7 Å². The molecule has 3 rings (SSSR count). The molecule has 4 nitrogen and oxygen atoms in total. The number of carbonyl (C=O) groups is 2. The van der Waals surface area contributed by atoms with Gasteiger partial charge in [0.05, 0.1) is 0 Å². The number of hydrogen-bond acceptors (Lipinski definition) is 3. The fraction of sp³-hybridized carbons (Fsp3) is 0.391. The quantitative estimate of drug-likeness (QED) is 0.797. The summed E-state index contributed by atoms with van der Waals surface area (Å²) in [6, 6.07) is 17.7. The van der Waals surface area contributed by atoms with Crippen molar-refractivity contribution in [1.29, 1.82) is 0 Å². The number of benzene rings is 2. The Bertz CT molecular complexity index is 780. The van der Waals surface area contributed by atoms with Crippen molar-refractivity contribution in [1.82, 2.24) is 10.2 Å². The van der Waals surface area contributed by atoms with E-state index in [4.69, 9.17) is 0 Å². The molecule has 1 saturated heterocycles. The monoisotopic (exact) mass is 364 g/mol. The lowest BCUT2D eigenvalue weighted by Crippen LogP contribution is -2.44. The molecule has 1 aliphatic rings. The maximum atomic E-state index is 12.7. The third-order valence-corrected chi connectivity index (χ3v) is 5.28. The fourth-order valence-electron chi connectivity index (χ4n) is 3.78. The highest BCUT2D eigenvalue weighted by Crippen LogP contribution is 2.21. The largest absolute Gasteiger partial charge is 0.354 e. The molecular formula is C23H28N2O2. The second-order valence-corrected chi connectivity index (χ2v) is 7.50. The summed E-state index contributed by atoms with van der Waals surface area (Å²) in [6.45, 7) is 6.76. The lowest BCUT2D eigenvalue weighted by molar-refractivity contribution is -0.119. The van der Waals surface area contributed by atoms with Crippen molar-refractivity contribution in [2.75, 3.05) is 19.6 Å². The maximum absolute atomic E-state index is 12.7. The highest BCUT2D eigenvalue weighted by atomic mass is 16.1. The summed E-state index contributed by atoms with van der Waals surface area (Å²) in [5.41, 5.74) is 2.66. The van der Waals surface area contributed by atoms with Gasteiger partial charge in [0.25, 0.3) is 0 Å². The first-order valence-electron chi connectivity index (χ1n) is 9.72. The van der Waals surface area contributed by atoms with Crippen LogP contribution >= 0.6 is 0 Å². The third kappa shape index (κ3) is 5.27. The molecule has 0 aromatic heterocycles. The Hall–Kier alpha value is -2.46. The molecule has 2 aromatic rings. The minimum atomic E-state index is 0.0571. The van der Waals surface area contributed by atoms with Gasteiger partial charge in [0.2, 0.25) is 5.91 Å². The first kappa shape index (κ1) is 19.3. The standard InChI is InChI=1S/C23H28N2O2/c1-17(16-25-13-11-22(12-14-25)24-18(2)26)20-9-6-10-21(15-20)23(27)19-7-4-3-5-8-19/h3-10,15,17,22H,11-14,16H2,1-2H3,(H,24,26). The van der Waals surface area contributed by atoms with Gasteiger partial charge in [-0.2, -0.15) is 0 Å². The number of likely N-dealkylation sites (tertiary alicyclic amines) is 1. The molecule has 1 fully saturated rings. The van der Waals surface area contributed by atoms with E-state index < -0.39 is 0 Å². The predicted molar refractivity (Wildman–Crippen MR) is 108 cm³/mol. The molecule has 0 aliphatic carbocycles. The zero-order chi connectivity index (χ0) is 19.2. The summed E-state index contributed by atoms with van der Waals surface area (Å²) in [6.07, 6.45) is 2.00. The van der Waals surface area contributed by atoms with Gasteiger partial charge < -0.3 is 10.2 Å². The summed E-state index contributed by atoms with van der Waals surface area (Å²) in [7, 11) is 0. The molecule has 142 valence electrons. The van der Waals surface area contributed by atoms with E-state index in [1.54, 1.807) is 6.92 Å². The van der Waals surface area contributed by atoms with Gasteiger partial charge in [0, 0.05) is 43.7 Å². The Morgan fingerprint density at radius 3 is 2.37 bits per heavy atom. The molecule has 0 saturated carbocycles. The zero-order valence-electron chi connectivity index (χ0n) is 16.2. The summed E-state index contributed by atoms with van der Waals surface area (Å²) in [5, 5.41) is 3.02. The van der Waals surface area contributed by atoms with Crippen LogP contribution < -0.4 is 5.32 Å². The molecule has 1 N–H and O–H groups in total. The first-order chi connectivity index (χ1) is 13.0. The van der Waals surface area contributed by atoms with Gasteiger partial charge in [-0.25, -0.2) is 0 Å². The maximum Gasteiger partial charge on any atom is 0.217 e. The highest BCUT2D eigenvalue weighted by Gasteiger charge is 2.21. The van der Waals surface area contributed by atoms with E-state index in [2.05, 4.69) is 23.2 Å². The number of nitrogens with zero attached hydrogens (tertiary/aromatic N) is 1. The Labute approximate surface area is 161 Å². The van der Waals surface area contributed by atoms with Gasteiger partial charge in [0.1, 0.15) is 0 Å². The Kier molecular flexibility index (Phi) is 6.40. The van der Waals surface area contributed by atoms with Crippen LogP contribution in [-0.2, 0) is 4.79 Å². The predicted octanol–water partition coefficient (Wildman–Crippen LogP) is 3.62. The highest BCUT2D eigenvalue weighted by molar-refractivity contribution is 6.09. The van der Waals surface area contributed by atoms with Gasteiger partial charge in [-0.1, -0.05) is 55.5 Å². The van der Waals surface area contributed by atoms with Crippen LogP contribution in [0.5, 0.6) is 0 Å². The third-order valence-electron chi connectivity index (χ3n) is 5.28. The molecule has 0 spiro atoms. The van der Waals surface area contributed by atoms with Crippen molar-refractivity contribution in [3.63, 3.8) is 0 Å². The molecular weight excluding hydrogens is 336 g/mol. The van der Waals surface area contributed by atoms with E-state index in [1.165, 1.54) is 5.56 Å². The van der Waals surface area contributed by atoms with Gasteiger partial charge in [0.15, 0.2) is 5.78 Å². The average Bonchev–Trinajstić information content (AvgIpc) is 2.69. The second-order valence-electron chi connectivity index (χ2n) is 7.50. The fourth-order valence-corrected chi connectivity index (χ4v) is 3.78. The zero-order valence-corrected chi connectivity index (χ0v) is 16.2. The van der Waals surface area contributed by atoms with E-state index in [0.29, 0.717) is 12.0 Å². The van der Waals surface area contributed by atoms with E-state index in [-0.39, 0.29) is 11.7 Å². The van der Waals surface area contributed by atoms with Crippen molar-refractivity contribution in [3.05, 3.63) is 71.3 Å². The number of carbonyl (C=O) groups excluding carboxylic acids is 2. The minimum absolute atomic E-state index is 0.0571. The molecule has 2 aromatic carbocycles. The van der Waals surface area contributed by atoms with E-state index >= 15 is 0 Å². The molecule has 1 amide bonds. The summed E-state index contributed by atoms with van der Waals surface area (Å²) < 4.78 is 0. The van der Waals surface area contributed by atoms with Crippen LogP contribution in [0.2, 0.25) is 0 Å². The molecule has 0 bridgehead atoms. The number of rotatable bonds is 6. The van der Waals surface area contributed by atoms with Crippen molar-refractivity contribution in [3.8, 4) is 0 Å². The molecule has 27 heavy (non-hydrogen) atoms. The van der Waals surface area contributed by atoms with Gasteiger partial charge >= 0.3 is 0 Å². The molecule has 4 heteroatoms. The van der Waals surface area contributed by atoms with Crippen LogP contribution in [0.3, 0.4) is 0 Å². The normalized spacial score (nSPS) is 16.7. The lowest BCUT2D eigenvalue weighted by atomic mass is 9.94. The number of amides is 1. The SMILES string of the molecule is CC(=O)NC1CCN(CC(C)c2cccc(C(=O)c3ccccc3)c2)CC1. The molecule has 0 radical (unpaired) electrons. The Balaban J connectivity index is 1.60. The Morgan fingerprint density at radius 1 is 1.04 bits per heavy atom. The van der Waals surface area contributed by atoms with Crippen molar-refractivity contribution in [2.24, 2.45) is 0 Å². The number of ketones is 1. The Morgan fingerprint density at radius 2 is 1.70 bits per heavy atom. The first-order valence-corrected chi connectivity index (χ1v) is 9.72. The topological polar surface area (TPSA) is 49.4 Å². The van der Waals surface area contributed by atoms with Gasteiger partial charge in [-0.05, 0) is 30.4 Å². The number of piperidine rings is 1. The molecule has 1 unspecified atom stereocenters. The van der Waals surface area contributed by atoms with E-state index in [9.17, 15) is 9.59 Å². The van der Waals surface area contributed by atoms with Gasteiger partial charge in [-0.3, -0.25) is 9.59 Å². The minimum Gasteiger partial charge on any atom is -0.354 e. The van der Waals surface area contributed by atoms with Crippen LogP contribution in [0.4, 0.5) is 0 Å². The average molecular weight is 364 g/mol. The van der Waals surface area contributed by atoms with E-state index in [1.807, 2.05) is 48.5 Å². The smallest absolute Gasteiger partial charge is 0.217 e. The number of nitrogens with one attached hydrogen (secondary N) is 1. The molecule has 1 aliphatic heterocycles. The van der Waals surface area contributed by atoms with Crippen LogP contribution in [0.1, 0.15) is 54.1 Å². The lowest BCUT2D eigenvalue weighted by Gasteiger charge is -2.33. The summed E-state index contributed by atoms with van der Waals surface area (Å²) in [4.78, 5) is 26.3. The van der Waals surface area contributed by atoms with E-state index in [0.717, 1.165) is 43.6 Å². The van der Waals surface area contributed by atoms with Crippen molar-refractivity contribution < 1.29 is 9.59 Å². The molecule has 1 heterocycles. The molecule has 1 atom stereocenters.